The van der Waals surface area contributed by atoms with E-state index in [0.717, 1.165) is 5.56 Å². The average Bonchev–Trinajstić information content (AvgIpc) is 2.52. The number of rotatable bonds is 5. The number of aliphatic carboxylic acids is 1. The van der Waals surface area contributed by atoms with Crippen LogP contribution in [0.3, 0.4) is 0 Å². The van der Waals surface area contributed by atoms with Crippen LogP contribution in [0.5, 0.6) is 5.75 Å². The number of hydrogen-bond acceptors (Lipinski definition) is 3. The van der Waals surface area contributed by atoms with E-state index in [1.165, 1.54) is 24.3 Å². The molecule has 0 amide bonds. The lowest BCUT2D eigenvalue weighted by molar-refractivity contribution is -0.139. The van der Waals surface area contributed by atoms with E-state index in [-0.39, 0.29) is 5.82 Å². The van der Waals surface area contributed by atoms with E-state index in [4.69, 9.17) is 9.84 Å². The van der Waals surface area contributed by atoms with Gasteiger partial charge in [-0.1, -0.05) is 18.2 Å². The summed E-state index contributed by atoms with van der Waals surface area (Å²) in [6, 6.07) is 12.7. The molecule has 0 aliphatic carbocycles. The summed E-state index contributed by atoms with van der Waals surface area (Å²) in [6.07, 6.45) is 1.65. The van der Waals surface area contributed by atoms with Crippen molar-refractivity contribution in [2.75, 3.05) is 6.61 Å². The van der Waals surface area contributed by atoms with Crippen LogP contribution in [0.2, 0.25) is 0 Å². The van der Waals surface area contributed by atoms with Gasteiger partial charge in [0.05, 0.1) is 16.1 Å². The monoisotopic (exact) mass is 375 g/mol. The zero-order chi connectivity index (χ0) is 16.8. The van der Waals surface area contributed by atoms with Crippen molar-refractivity contribution in [2.24, 2.45) is 0 Å². The maximum atomic E-state index is 12.9. The molecule has 0 aliphatic rings. The number of allylic oxidation sites excluding steroid dienone is 1. The second kappa shape index (κ2) is 7.56. The minimum atomic E-state index is -1.07. The molecule has 6 heteroatoms. The van der Waals surface area contributed by atoms with Gasteiger partial charge in [-0.2, -0.15) is 5.26 Å². The first kappa shape index (κ1) is 16.7. The van der Waals surface area contributed by atoms with Crippen molar-refractivity contribution in [3.63, 3.8) is 0 Å². The summed E-state index contributed by atoms with van der Waals surface area (Å²) in [4.78, 5) is 10.5. The van der Waals surface area contributed by atoms with E-state index in [0.29, 0.717) is 21.4 Å². The molecule has 0 heterocycles. The molecule has 0 radical (unpaired) electrons. The van der Waals surface area contributed by atoms with Gasteiger partial charge in [0, 0.05) is 0 Å². The third kappa shape index (κ3) is 4.66. The summed E-state index contributed by atoms with van der Waals surface area (Å²) in [6.45, 7) is -0.438. The Morgan fingerprint density at radius 1 is 1.30 bits per heavy atom. The normalized spacial score (nSPS) is 10.9. The standard InChI is InChI=1S/C17H11BrFNO3/c18-15-8-11(1-6-16(15)23-10-17(21)22)7-13(9-20)12-2-4-14(19)5-3-12/h1-8H,10H2,(H,21,22)/b13-7+. The highest BCUT2D eigenvalue weighted by atomic mass is 79.9. The van der Waals surface area contributed by atoms with Gasteiger partial charge in [0.2, 0.25) is 0 Å². The number of nitriles is 1. The van der Waals surface area contributed by atoms with E-state index in [1.54, 1.807) is 24.3 Å². The highest BCUT2D eigenvalue weighted by Crippen LogP contribution is 2.28. The van der Waals surface area contributed by atoms with Gasteiger partial charge in [-0.3, -0.25) is 0 Å². The van der Waals surface area contributed by atoms with Gasteiger partial charge in [-0.15, -0.1) is 0 Å². The minimum absolute atomic E-state index is 0.367. The summed E-state index contributed by atoms with van der Waals surface area (Å²) in [5.74, 6) is -1.04. The summed E-state index contributed by atoms with van der Waals surface area (Å²) in [7, 11) is 0. The molecular formula is C17H11BrFNO3. The molecule has 1 N–H and O–H groups in total. The lowest BCUT2D eigenvalue weighted by Gasteiger charge is -2.07. The van der Waals surface area contributed by atoms with Gasteiger partial charge in [-0.25, -0.2) is 9.18 Å². The Morgan fingerprint density at radius 3 is 2.57 bits per heavy atom. The third-order valence-corrected chi connectivity index (χ3v) is 3.51. The van der Waals surface area contributed by atoms with E-state index in [9.17, 15) is 14.4 Å². The van der Waals surface area contributed by atoms with Gasteiger partial charge in [0.15, 0.2) is 6.61 Å². The number of ether oxygens (including phenoxy) is 1. The molecule has 0 saturated heterocycles. The lowest BCUT2D eigenvalue weighted by atomic mass is 10.0. The number of benzene rings is 2. The average molecular weight is 376 g/mol. The molecule has 0 aliphatic heterocycles. The summed E-state index contributed by atoms with van der Waals surface area (Å²) >= 11 is 3.30. The molecule has 0 unspecified atom stereocenters. The largest absolute Gasteiger partial charge is 0.481 e. The van der Waals surface area contributed by atoms with Gasteiger partial charge >= 0.3 is 5.97 Å². The first-order chi connectivity index (χ1) is 11.0. The van der Waals surface area contributed by atoms with Crippen molar-refractivity contribution in [1.82, 2.24) is 0 Å². The Labute approximate surface area is 140 Å². The second-order valence-electron chi connectivity index (χ2n) is 4.55. The van der Waals surface area contributed by atoms with Crippen molar-refractivity contribution < 1.29 is 19.0 Å². The molecule has 0 bridgehead atoms. The minimum Gasteiger partial charge on any atom is -0.481 e. The molecule has 23 heavy (non-hydrogen) atoms. The van der Waals surface area contributed by atoms with Crippen molar-refractivity contribution in [3.8, 4) is 11.8 Å². The number of carboxylic acids is 1. The van der Waals surface area contributed by atoms with E-state index < -0.39 is 12.6 Å². The molecule has 0 saturated carbocycles. The fourth-order valence-electron chi connectivity index (χ4n) is 1.84. The molecule has 0 fully saturated rings. The SMILES string of the molecule is N#C/C(=C\c1ccc(OCC(=O)O)c(Br)c1)c1ccc(F)cc1. The molecule has 2 aromatic rings. The molecule has 116 valence electrons. The highest BCUT2D eigenvalue weighted by molar-refractivity contribution is 9.10. The molecule has 4 nitrogen and oxygen atoms in total. The summed E-state index contributed by atoms with van der Waals surface area (Å²) in [5.41, 5.74) is 1.72. The van der Waals surface area contributed by atoms with Crippen LogP contribution in [0.1, 0.15) is 11.1 Å². The highest BCUT2D eigenvalue weighted by Gasteiger charge is 2.06. The van der Waals surface area contributed by atoms with Gasteiger partial charge in [0.1, 0.15) is 11.6 Å². The van der Waals surface area contributed by atoms with Crippen LogP contribution in [0.4, 0.5) is 4.39 Å². The maximum absolute atomic E-state index is 12.9. The molecule has 0 atom stereocenters. The van der Waals surface area contributed by atoms with E-state index in [1.807, 2.05) is 0 Å². The Balaban J connectivity index is 2.27. The van der Waals surface area contributed by atoms with E-state index >= 15 is 0 Å². The Kier molecular flexibility index (Phi) is 5.50. The summed E-state index contributed by atoms with van der Waals surface area (Å²) in [5, 5.41) is 17.9. The fourth-order valence-corrected chi connectivity index (χ4v) is 2.35. The second-order valence-corrected chi connectivity index (χ2v) is 5.40. The zero-order valence-corrected chi connectivity index (χ0v) is 13.4. The Bertz CT molecular complexity index is 794. The van der Waals surface area contributed by atoms with Crippen LogP contribution in [-0.4, -0.2) is 17.7 Å². The maximum Gasteiger partial charge on any atom is 0.341 e. The van der Waals surface area contributed by atoms with Gasteiger partial charge < -0.3 is 9.84 Å². The first-order valence-corrected chi connectivity index (χ1v) is 7.31. The number of carbonyl (C=O) groups is 1. The van der Waals surface area contributed by atoms with Crippen LogP contribution in [-0.2, 0) is 4.79 Å². The van der Waals surface area contributed by atoms with Crippen molar-refractivity contribution >= 4 is 33.5 Å². The smallest absolute Gasteiger partial charge is 0.341 e. The number of carboxylic acid groups (broad SMARTS) is 1. The Morgan fingerprint density at radius 2 is 2.00 bits per heavy atom. The third-order valence-electron chi connectivity index (χ3n) is 2.89. The fraction of sp³-hybridized carbons (Fsp3) is 0.0588. The predicted molar refractivity (Wildman–Crippen MR) is 87.2 cm³/mol. The topological polar surface area (TPSA) is 70.3 Å². The van der Waals surface area contributed by atoms with Crippen molar-refractivity contribution in [1.29, 1.82) is 5.26 Å². The lowest BCUT2D eigenvalue weighted by Crippen LogP contribution is -2.09. The molecule has 0 aromatic heterocycles. The molecule has 2 aromatic carbocycles. The van der Waals surface area contributed by atoms with Crippen LogP contribution in [0, 0.1) is 17.1 Å². The van der Waals surface area contributed by atoms with Crippen LogP contribution in [0.25, 0.3) is 11.6 Å². The molecule has 2 rings (SSSR count). The van der Waals surface area contributed by atoms with Crippen LogP contribution < -0.4 is 4.74 Å². The van der Waals surface area contributed by atoms with Gasteiger partial charge in [-0.05, 0) is 57.4 Å². The van der Waals surface area contributed by atoms with E-state index in [2.05, 4.69) is 22.0 Å². The first-order valence-electron chi connectivity index (χ1n) is 6.51. The van der Waals surface area contributed by atoms with Crippen LogP contribution in [0.15, 0.2) is 46.9 Å². The predicted octanol–water partition coefficient (Wildman–Crippen LogP) is 4.12. The van der Waals surface area contributed by atoms with Crippen molar-refractivity contribution in [3.05, 3.63) is 63.9 Å². The number of halogens is 2. The zero-order valence-electron chi connectivity index (χ0n) is 11.8. The van der Waals surface area contributed by atoms with Crippen LogP contribution >= 0.6 is 15.9 Å². The molecular weight excluding hydrogens is 365 g/mol. The molecule has 0 spiro atoms. The number of nitrogens with zero attached hydrogens (tertiary/aromatic N) is 1. The van der Waals surface area contributed by atoms with Gasteiger partial charge in [0.25, 0.3) is 0 Å². The summed E-state index contributed by atoms with van der Waals surface area (Å²) < 4.78 is 18.6. The van der Waals surface area contributed by atoms with Crippen molar-refractivity contribution in [2.45, 2.75) is 0 Å². The number of hydrogen-bond donors (Lipinski definition) is 1. The Hall–Kier alpha value is -2.65. The quantitative estimate of drug-likeness (QED) is 0.630.